The minimum atomic E-state index is -3.91. The predicted octanol–water partition coefficient (Wildman–Crippen LogP) is 5.40. The van der Waals surface area contributed by atoms with E-state index in [-0.39, 0.29) is 4.90 Å². The summed E-state index contributed by atoms with van der Waals surface area (Å²) < 4.78 is 54.9. The van der Waals surface area contributed by atoms with Gasteiger partial charge in [0.25, 0.3) is 10.0 Å². The molecule has 0 spiro atoms. The number of benzene rings is 4. The van der Waals surface area contributed by atoms with E-state index in [0.717, 1.165) is 21.3 Å². The zero-order chi connectivity index (χ0) is 27.7. The second kappa shape index (κ2) is 10.6. The molecule has 0 saturated heterocycles. The first-order valence-corrected chi connectivity index (χ1v) is 15.2. The molecule has 0 fully saturated rings. The van der Waals surface area contributed by atoms with Crippen LogP contribution in [0.5, 0.6) is 0 Å². The van der Waals surface area contributed by atoms with Crippen molar-refractivity contribution in [2.24, 2.45) is 0 Å². The van der Waals surface area contributed by atoms with Crippen molar-refractivity contribution in [3.8, 4) is 0 Å². The van der Waals surface area contributed by atoms with Gasteiger partial charge in [0, 0.05) is 16.1 Å². The summed E-state index contributed by atoms with van der Waals surface area (Å²) in [6, 6.07) is 22.1. The Hall–Kier alpha value is -3.60. The van der Waals surface area contributed by atoms with Crippen LogP contribution in [0.4, 0.5) is 17.1 Å². The van der Waals surface area contributed by atoms with Crippen molar-refractivity contribution in [3.05, 3.63) is 95.5 Å². The van der Waals surface area contributed by atoms with Gasteiger partial charge in [-0.1, -0.05) is 54.1 Å². The molecule has 4 aromatic carbocycles. The van der Waals surface area contributed by atoms with Gasteiger partial charge in [-0.2, -0.15) is 0 Å². The van der Waals surface area contributed by atoms with Crippen LogP contribution in [0.3, 0.4) is 0 Å². The van der Waals surface area contributed by atoms with Gasteiger partial charge in [0.15, 0.2) is 0 Å². The predicted molar refractivity (Wildman–Crippen MR) is 153 cm³/mol. The Morgan fingerprint density at radius 1 is 0.895 bits per heavy atom. The molecule has 1 atom stereocenters. The Morgan fingerprint density at radius 2 is 1.55 bits per heavy atom. The van der Waals surface area contributed by atoms with Gasteiger partial charge < -0.3 is 5.32 Å². The van der Waals surface area contributed by atoms with Gasteiger partial charge in [-0.15, -0.1) is 0 Å². The highest BCUT2D eigenvalue weighted by molar-refractivity contribution is 7.92. The molecular weight excluding hydrogens is 546 g/mol. The van der Waals surface area contributed by atoms with Crippen molar-refractivity contribution in [1.82, 2.24) is 0 Å². The molecule has 0 aliphatic rings. The van der Waals surface area contributed by atoms with Crippen LogP contribution in [0.15, 0.2) is 89.8 Å². The second-order valence-corrected chi connectivity index (χ2v) is 12.8. The zero-order valence-corrected chi connectivity index (χ0v) is 23.2. The van der Waals surface area contributed by atoms with Crippen molar-refractivity contribution in [2.75, 3.05) is 20.6 Å². The van der Waals surface area contributed by atoms with E-state index in [9.17, 15) is 21.6 Å². The molecule has 4 aromatic rings. The lowest BCUT2D eigenvalue weighted by Crippen LogP contribution is -2.45. The third kappa shape index (κ3) is 5.93. The Balaban J connectivity index is 1.53. The molecule has 11 heteroatoms. The lowest BCUT2D eigenvalue weighted by atomic mass is 10.1. The van der Waals surface area contributed by atoms with Crippen molar-refractivity contribution in [2.45, 2.75) is 24.8 Å². The third-order valence-electron chi connectivity index (χ3n) is 5.96. The number of carbonyl (C=O) groups is 1. The number of fused-ring (bicyclic) bond motifs is 1. The highest BCUT2D eigenvalue weighted by atomic mass is 35.5. The standard InChI is InChI=1S/C27H26ClN3O5S2/c1-18-11-12-21(28)17-26(18)31(37(3,33)34)19(2)27(32)29-22-13-15-23(16-14-22)38(35,36)30-25-10-6-8-20-7-4-5-9-24(20)25/h4-17,19,30H,1-3H3,(H,29,32)/t19-/m1/s1. The Morgan fingerprint density at radius 3 is 2.24 bits per heavy atom. The fourth-order valence-corrected chi connectivity index (χ4v) is 6.55. The fourth-order valence-electron chi connectivity index (χ4n) is 4.08. The molecule has 0 aliphatic heterocycles. The maximum atomic E-state index is 13.0. The Labute approximate surface area is 227 Å². The van der Waals surface area contributed by atoms with Crippen LogP contribution in [-0.4, -0.2) is 35.0 Å². The van der Waals surface area contributed by atoms with Crippen LogP contribution >= 0.6 is 11.6 Å². The van der Waals surface area contributed by atoms with Crippen LogP contribution in [0.2, 0.25) is 5.02 Å². The third-order valence-corrected chi connectivity index (χ3v) is 8.81. The SMILES string of the molecule is Cc1ccc(Cl)cc1N([C@H](C)C(=O)Nc1ccc(S(=O)(=O)Nc2cccc3ccccc23)cc1)S(C)(=O)=O. The highest BCUT2D eigenvalue weighted by Crippen LogP contribution is 2.29. The smallest absolute Gasteiger partial charge is 0.261 e. The largest absolute Gasteiger partial charge is 0.324 e. The molecule has 8 nitrogen and oxygen atoms in total. The number of amides is 1. The van der Waals surface area contributed by atoms with Gasteiger partial charge in [0.05, 0.1) is 22.5 Å². The molecule has 198 valence electrons. The molecule has 2 N–H and O–H groups in total. The number of sulfonamides is 2. The minimum Gasteiger partial charge on any atom is -0.324 e. The Kier molecular flexibility index (Phi) is 7.68. The van der Waals surface area contributed by atoms with Crippen LogP contribution in [0.1, 0.15) is 12.5 Å². The average Bonchev–Trinajstić information content (AvgIpc) is 2.86. The number of nitrogens with zero attached hydrogens (tertiary/aromatic N) is 1. The number of hydrogen-bond acceptors (Lipinski definition) is 5. The second-order valence-electron chi connectivity index (χ2n) is 8.81. The van der Waals surface area contributed by atoms with Crippen LogP contribution < -0.4 is 14.3 Å². The molecule has 4 rings (SSSR count). The summed E-state index contributed by atoms with van der Waals surface area (Å²) in [6.07, 6.45) is 1.01. The molecule has 38 heavy (non-hydrogen) atoms. The summed E-state index contributed by atoms with van der Waals surface area (Å²) in [5.74, 6) is -0.598. The molecule has 0 aromatic heterocycles. The maximum Gasteiger partial charge on any atom is 0.261 e. The number of halogens is 1. The average molecular weight is 572 g/mol. The van der Waals surface area contributed by atoms with E-state index in [1.807, 2.05) is 30.3 Å². The summed E-state index contributed by atoms with van der Waals surface area (Å²) in [5.41, 5.74) is 1.69. The molecule has 0 radical (unpaired) electrons. The van der Waals surface area contributed by atoms with E-state index in [2.05, 4.69) is 10.0 Å². The van der Waals surface area contributed by atoms with Gasteiger partial charge >= 0.3 is 0 Å². The number of hydrogen-bond donors (Lipinski definition) is 2. The molecule has 0 bridgehead atoms. The topological polar surface area (TPSA) is 113 Å². The summed E-state index contributed by atoms with van der Waals surface area (Å²) in [5, 5.41) is 4.66. The lowest BCUT2D eigenvalue weighted by Gasteiger charge is -2.29. The molecule has 0 heterocycles. The first-order valence-electron chi connectivity index (χ1n) is 11.5. The van der Waals surface area contributed by atoms with E-state index in [1.54, 1.807) is 31.2 Å². The molecule has 0 saturated carbocycles. The molecule has 0 aliphatic carbocycles. The number of aryl methyl sites for hydroxylation is 1. The Bertz CT molecular complexity index is 1720. The van der Waals surface area contributed by atoms with Gasteiger partial charge in [0.2, 0.25) is 15.9 Å². The number of anilines is 3. The van der Waals surface area contributed by atoms with Gasteiger partial charge in [-0.3, -0.25) is 13.8 Å². The highest BCUT2D eigenvalue weighted by Gasteiger charge is 2.30. The quantitative estimate of drug-likeness (QED) is 0.294. The number of nitrogens with one attached hydrogen (secondary N) is 2. The molecule has 0 unspecified atom stereocenters. The maximum absolute atomic E-state index is 13.0. The minimum absolute atomic E-state index is 0.00352. The first kappa shape index (κ1) is 27.4. The summed E-state index contributed by atoms with van der Waals surface area (Å²) in [7, 11) is -7.75. The number of rotatable bonds is 8. The van der Waals surface area contributed by atoms with E-state index >= 15 is 0 Å². The molecule has 1 amide bonds. The monoisotopic (exact) mass is 571 g/mol. The van der Waals surface area contributed by atoms with Crippen LogP contribution in [-0.2, 0) is 24.8 Å². The van der Waals surface area contributed by atoms with E-state index in [1.165, 1.54) is 37.3 Å². The van der Waals surface area contributed by atoms with Crippen molar-refractivity contribution < 1.29 is 21.6 Å². The first-order chi connectivity index (χ1) is 17.9. The van der Waals surface area contributed by atoms with Gasteiger partial charge in [-0.05, 0) is 67.3 Å². The summed E-state index contributed by atoms with van der Waals surface area (Å²) in [6.45, 7) is 3.18. The van der Waals surface area contributed by atoms with Crippen LogP contribution in [0.25, 0.3) is 10.8 Å². The van der Waals surface area contributed by atoms with E-state index < -0.39 is 32.0 Å². The lowest BCUT2D eigenvalue weighted by molar-refractivity contribution is -0.116. The normalized spacial score (nSPS) is 12.6. The van der Waals surface area contributed by atoms with E-state index in [4.69, 9.17) is 11.6 Å². The van der Waals surface area contributed by atoms with Crippen molar-refractivity contribution in [1.29, 1.82) is 0 Å². The molecular formula is C27H26ClN3O5S2. The van der Waals surface area contributed by atoms with Crippen molar-refractivity contribution in [3.63, 3.8) is 0 Å². The van der Waals surface area contributed by atoms with E-state index in [0.29, 0.717) is 27.6 Å². The van der Waals surface area contributed by atoms with Gasteiger partial charge in [-0.25, -0.2) is 16.8 Å². The number of carbonyl (C=O) groups excluding carboxylic acids is 1. The summed E-state index contributed by atoms with van der Waals surface area (Å²) >= 11 is 6.08. The zero-order valence-electron chi connectivity index (χ0n) is 20.8. The van der Waals surface area contributed by atoms with Crippen molar-refractivity contribution >= 4 is 65.4 Å². The van der Waals surface area contributed by atoms with Gasteiger partial charge in [0.1, 0.15) is 6.04 Å². The summed E-state index contributed by atoms with van der Waals surface area (Å²) in [4.78, 5) is 13.0. The fraction of sp³-hybridized carbons (Fsp3) is 0.148. The van der Waals surface area contributed by atoms with Crippen LogP contribution in [0, 0.1) is 6.92 Å².